The Hall–Kier alpha value is -2.89. The number of hydrogen-bond acceptors (Lipinski definition) is 3. The molecule has 0 bridgehead atoms. The summed E-state index contributed by atoms with van der Waals surface area (Å²) >= 11 is 0. The summed E-state index contributed by atoms with van der Waals surface area (Å²) in [6, 6.07) is 7.74. The molecule has 120 valence electrons. The van der Waals surface area contributed by atoms with Gasteiger partial charge in [-0.2, -0.15) is 0 Å². The number of aryl methyl sites for hydroxylation is 2. The third-order valence-electron chi connectivity index (χ3n) is 3.42. The molecule has 0 saturated heterocycles. The number of benzene rings is 1. The smallest absolute Gasteiger partial charge is 0.328 e. The number of carboxylic acids is 1. The standard InChI is InChI=1S/C17H18N2O4/c1-12-10-19(17(23)18-16(12)22)11-14-8-6-13(7-9-14)4-2-3-5-15(20)21/h3,5-10H,2,4,11H2,1H3,(H,20,21)(H,18,22,23)/b5-3+. The third kappa shape index (κ3) is 4.81. The average Bonchev–Trinajstić information content (AvgIpc) is 2.50. The lowest BCUT2D eigenvalue weighted by atomic mass is 10.1. The molecule has 2 aromatic rings. The molecular formula is C17H18N2O4. The quantitative estimate of drug-likeness (QED) is 0.790. The molecule has 0 aliphatic heterocycles. The van der Waals surface area contributed by atoms with Crippen molar-refractivity contribution in [1.29, 1.82) is 0 Å². The summed E-state index contributed by atoms with van der Waals surface area (Å²) in [6.07, 6.45) is 5.72. The van der Waals surface area contributed by atoms with Crippen molar-refractivity contribution in [2.45, 2.75) is 26.3 Å². The van der Waals surface area contributed by atoms with Crippen molar-refractivity contribution in [2.75, 3.05) is 0 Å². The highest BCUT2D eigenvalue weighted by Gasteiger charge is 2.02. The van der Waals surface area contributed by atoms with Crippen molar-refractivity contribution in [2.24, 2.45) is 0 Å². The van der Waals surface area contributed by atoms with Crippen LogP contribution >= 0.6 is 0 Å². The van der Waals surface area contributed by atoms with E-state index in [9.17, 15) is 14.4 Å². The van der Waals surface area contributed by atoms with Crippen LogP contribution in [0.2, 0.25) is 0 Å². The van der Waals surface area contributed by atoms with E-state index in [-0.39, 0.29) is 5.56 Å². The lowest BCUT2D eigenvalue weighted by Gasteiger charge is -2.07. The number of aromatic amines is 1. The van der Waals surface area contributed by atoms with E-state index in [1.807, 2.05) is 24.3 Å². The van der Waals surface area contributed by atoms with Crippen LogP contribution in [0.3, 0.4) is 0 Å². The Balaban J connectivity index is 2.03. The van der Waals surface area contributed by atoms with Crippen LogP contribution in [0, 0.1) is 6.92 Å². The summed E-state index contributed by atoms with van der Waals surface area (Å²) in [7, 11) is 0. The number of nitrogens with zero attached hydrogens (tertiary/aromatic N) is 1. The van der Waals surface area contributed by atoms with E-state index in [2.05, 4.69) is 4.98 Å². The zero-order valence-corrected chi connectivity index (χ0v) is 12.8. The molecule has 0 saturated carbocycles. The minimum absolute atomic E-state index is 0.365. The van der Waals surface area contributed by atoms with Crippen molar-refractivity contribution in [3.05, 3.63) is 80.1 Å². The van der Waals surface area contributed by atoms with E-state index in [0.29, 0.717) is 18.5 Å². The number of hydrogen-bond donors (Lipinski definition) is 2. The summed E-state index contributed by atoms with van der Waals surface area (Å²) < 4.78 is 1.46. The van der Waals surface area contributed by atoms with Gasteiger partial charge in [-0.05, 0) is 30.9 Å². The van der Waals surface area contributed by atoms with Gasteiger partial charge >= 0.3 is 11.7 Å². The minimum atomic E-state index is -0.943. The number of allylic oxidation sites excluding steroid dienone is 1. The molecule has 23 heavy (non-hydrogen) atoms. The van der Waals surface area contributed by atoms with Gasteiger partial charge in [0.05, 0.1) is 6.54 Å². The molecule has 0 aliphatic rings. The molecule has 1 aromatic carbocycles. The van der Waals surface area contributed by atoms with Gasteiger partial charge in [0.2, 0.25) is 0 Å². The fourth-order valence-electron chi connectivity index (χ4n) is 2.18. The number of nitrogens with one attached hydrogen (secondary N) is 1. The number of carbonyl (C=O) groups is 1. The first-order chi connectivity index (χ1) is 11.0. The Bertz CT molecular complexity index is 829. The lowest BCUT2D eigenvalue weighted by Crippen LogP contribution is -2.31. The molecule has 0 unspecified atom stereocenters. The van der Waals surface area contributed by atoms with Gasteiger partial charge in [-0.1, -0.05) is 30.3 Å². The first kappa shape index (κ1) is 16.5. The van der Waals surface area contributed by atoms with Crippen molar-refractivity contribution in [1.82, 2.24) is 9.55 Å². The Labute approximate surface area is 132 Å². The Morgan fingerprint density at radius 1 is 1.22 bits per heavy atom. The first-order valence-electron chi connectivity index (χ1n) is 7.23. The summed E-state index contributed by atoms with van der Waals surface area (Å²) in [5, 5.41) is 8.51. The molecule has 0 atom stereocenters. The van der Waals surface area contributed by atoms with E-state index >= 15 is 0 Å². The van der Waals surface area contributed by atoms with E-state index in [1.54, 1.807) is 19.2 Å². The van der Waals surface area contributed by atoms with Crippen molar-refractivity contribution >= 4 is 5.97 Å². The van der Waals surface area contributed by atoms with Crippen molar-refractivity contribution < 1.29 is 9.90 Å². The minimum Gasteiger partial charge on any atom is -0.478 e. The summed E-state index contributed by atoms with van der Waals surface area (Å²) in [5.74, 6) is -0.943. The van der Waals surface area contributed by atoms with E-state index < -0.39 is 11.7 Å². The monoisotopic (exact) mass is 314 g/mol. The average molecular weight is 314 g/mol. The number of rotatable bonds is 6. The summed E-state index contributed by atoms with van der Waals surface area (Å²) in [4.78, 5) is 35.7. The highest BCUT2D eigenvalue weighted by molar-refractivity contribution is 5.79. The van der Waals surface area contributed by atoms with Gasteiger partial charge in [0.15, 0.2) is 0 Å². The summed E-state index contributed by atoms with van der Waals surface area (Å²) in [6.45, 7) is 2.04. The lowest BCUT2D eigenvalue weighted by molar-refractivity contribution is -0.131. The van der Waals surface area contributed by atoms with Crippen LogP contribution in [0.5, 0.6) is 0 Å². The third-order valence-corrected chi connectivity index (χ3v) is 3.42. The Morgan fingerprint density at radius 2 is 1.87 bits per heavy atom. The predicted molar refractivity (Wildman–Crippen MR) is 86.7 cm³/mol. The highest BCUT2D eigenvalue weighted by atomic mass is 16.4. The molecule has 0 fully saturated rings. The second-order valence-electron chi connectivity index (χ2n) is 5.30. The number of aromatic nitrogens is 2. The van der Waals surface area contributed by atoms with Crippen LogP contribution in [0.4, 0.5) is 0 Å². The molecule has 0 spiro atoms. The van der Waals surface area contributed by atoms with Crippen LogP contribution in [0.15, 0.2) is 52.2 Å². The fourth-order valence-corrected chi connectivity index (χ4v) is 2.18. The largest absolute Gasteiger partial charge is 0.478 e. The van der Waals surface area contributed by atoms with Gasteiger partial charge in [-0.25, -0.2) is 9.59 Å². The van der Waals surface area contributed by atoms with E-state index in [0.717, 1.165) is 23.6 Å². The van der Waals surface area contributed by atoms with Crippen molar-refractivity contribution in [3.8, 4) is 0 Å². The van der Waals surface area contributed by atoms with Gasteiger partial charge in [0.25, 0.3) is 5.56 Å². The maximum Gasteiger partial charge on any atom is 0.328 e. The number of aliphatic carboxylic acids is 1. The topological polar surface area (TPSA) is 92.2 Å². The van der Waals surface area contributed by atoms with Gasteiger partial charge in [-0.3, -0.25) is 14.3 Å². The molecule has 0 amide bonds. The summed E-state index contributed by atoms with van der Waals surface area (Å²) in [5.41, 5.74) is 1.74. The van der Waals surface area contributed by atoms with Crippen LogP contribution in [0.25, 0.3) is 0 Å². The maximum absolute atomic E-state index is 11.7. The SMILES string of the molecule is Cc1cn(Cc2ccc(CC/C=C/C(=O)O)cc2)c(=O)[nH]c1=O. The molecule has 1 heterocycles. The maximum atomic E-state index is 11.7. The van der Waals surface area contributed by atoms with E-state index in [4.69, 9.17) is 5.11 Å². The van der Waals surface area contributed by atoms with Crippen LogP contribution in [-0.2, 0) is 17.8 Å². The Morgan fingerprint density at radius 3 is 2.52 bits per heavy atom. The second kappa shape index (κ2) is 7.40. The highest BCUT2D eigenvalue weighted by Crippen LogP contribution is 2.08. The normalized spacial score (nSPS) is 11.0. The van der Waals surface area contributed by atoms with Crippen LogP contribution < -0.4 is 11.2 Å². The Kier molecular flexibility index (Phi) is 5.30. The van der Waals surface area contributed by atoms with Crippen LogP contribution in [-0.4, -0.2) is 20.6 Å². The molecule has 2 N–H and O–H groups in total. The zero-order valence-electron chi connectivity index (χ0n) is 12.8. The first-order valence-corrected chi connectivity index (χ1v) is 7.23. The molecular weight excluding hydrogens is 296 g/mol. The molecule has 1 aromatic heterocycles. The van der Waals surface area contributed by atoms with Gasteiger partial charge in [0.1, 0.15) is 0 Å². The molecule has 6 nitrogen and oxygen atoms in total. The molecule has 0 aliphatic carbocycles. The van der Waals surface area contributed by atoms with Gasteiger partial charge < -0.3 is 5.11 Å². The van der Waals surface area contributed by atoms with Gasteiger partial charge in [0, 0.05) is 17.8 Å². The van der Waals surface area contributed by atoms with E-state index in [1.165, 1.54) is 4.57 Å². The molecule has 2 rings (SSSR count). The predicted octanol–water partition coefficient (Wildman–Crippen LogP) is 1.47. The second-order valence-corrected chi connectivity index (χ2v) is 5.30. The fraction of sp³-hybridized carbons (Fsp3) is 0.235. The zero-order chi connectivity index (χ0) is 16.8. The van der Waals surface area contributed by atoms with Gasteiger partial charge in [-0.15, -0.1) is 0 Å². The van der Waals surface area contributed by atoms with Crippen molar-refractivity contribution in [3.63, 3.8) is 0 Å². The number of carboxylic acid groups (broad SMARTS) is 1. The molecule has 6 heteroatoms. The van der Waals surface area contributed by atoms with Crippen LogP contribution in [0.1, 0.15) is 23.1 Å². The number of H-pyrrole nitrogens is 1. The molecule has 0 radical (unpaired) electrons.